The van der Waals surface area contributed by atoms with Gasteiger partial charge in [0, 0.05) is 29.6 Å². The Morgan fingerprint density at radius 3 is 2.44 bits per heavy atom. The van der Waals surface area contributed by atoms with Crippen LogP contribution < -0.4 is 5.43 Å². The Labute approximate surface area is 161 Å². The number of hydrogen-bond donors (Lipinski definition) is 1. The van der Waals surface area contributed by atoms with Crippen molar-refractivity contribution < 1.29 is 13.2 Å². The van der Waals surface area contributed by atoms with Gasteiger partial charge in [0.1, 0.15) is 5.71 Å². The first-order chi connectivity index (χ1) is 12.8. The van der Waals surface area contributed by atoms with Crippen molar-refractivity contribution in [3.63, 3.8) is 0 Å². The Balaban J connectivity index is 1.90. The number of hydrazone groups is 1. The maximum absolute atomic E-state index is 12.9. The second-order valence-electron chi connectivity index (χ2n) is 6.60. The molecule has 0 atom stereocenters. The minimum Gasteiger partial charge on any atom is -0.306 e. The second-order valence-corrected chi connectivity index (χ2v) is 7.00. The third kappa shape index (κ3) is 4.99. The van der Waals surface area contributed by atoms with Gasteiger partial charge in [-0.05, 0) is 51.2 Å². The largest absolute Gasteiger partial charge is 0.416 e. The topological polar surface area (TPSA) is 40.5 Å². The molecule has 1 aromatic carbocycles. The third-order valence-corrected chi connectivity index (χ3v) is 4.92. The van der Waals surface area contributed by atoms with Gasteiger partial charge in [-0.25, -0.2) is 0 Å². The van der Waals surface area contributed by atoms with E-state index in [1.165, 1.54) is 12.1 Å². The first-order valence-corrected chi connectivity index (χ1v) is 9.01. The summed E-state index contributed by atoms with van der Waals surface area (Å²) in [6, 6.07) is 6.74. The van der Waals surface area contributed by atoms with E-state index in [-0.39, 0.29) is 6.04 Å². The van der Waals surface area contributed by atoms with Gasteiger partial charge < -0.3 is 10.3 Å². The summed E-state index contributed by atoms with van der Waals surface area (Å²) in [6.45, 7) is 1.94. The molecule has 0 aliphatic carbocycles. The zero-order valence-corrected chi connectivity index (χ0v) is 15.6. The molecule has 1 fully saturated rings. The van der Waals surface area contributed by atoms with Crippen molar-refractivity contribution >= 4 is 17.3 Å². The Morgan fingerprint density at radius 1 is 1.19 bits per heavy atom. The number of pyridine rings is 1. The van der Waals surface area contributed by atoms with Gasteiger partial charge in [-0.2, -0.15) is 18.3 Å². The van der Waals surface area contributed by atoms with Crippen molar-refractivity contribution in [2.75, 3.05) is 20.1 Å². The lowest BCUT2D eigenvalue weighted by atomic mass is 10.0. The number of benzene rings is 1. The van der Waals surface area contributed by atoms with Gasteiger partial charge in [-0.3, -0.25) is 4.98 Å². The zero-order chi connectivity index (χ0) is 19.4. The molecule has 1 saturated heterocycles. The van der Waals surface area contributed by atoms with E-state index < -0.39 is 11.7 Å². The molecule has 144 valence electrons. The molecule has 2 aromatic rings. The normalized spacial score (nSPS) is 17.1. The van der Waals surface area contributed by atoms with Gasteiger partial charge in [0.15, 0.2) is 0 Å². The summed E-state index contributed by atoms with van der Waals surface area (Å²) in [6.07, 6.45) is 0.631. The number of halogens is 4. The predicted octanol–water partition coefficient (Wildman–Crippen LogP) is 4.19. The minimum atomic E-state index is -4.38. The smallest absolute Gasteiger partial charge is 0.306 e. The summed E-state index contributed by atoms with van der Waals surface area (Å²) in [5, 5.41) is 4.95. The van der Waals surface area contributed by atoms with Crippen LogP contribution in [0.2, 0.25) is 5.02 Å². The SMILES string of the molecule is CN1CCC(N/N=C(\c2ccc(C(F)(F)F)cc2)c2cnccc2Cl)CC1. The van der Waals surface area contributed by atoms with Crippen molar-refractivity contribution in [1.29, 1.82) is 0 Å². The lowest BCUT2D eigenvalue weighted by Gasteiger charge is -2.28. The van der Waals surface area contributed by atoms with E-state index >= 15 is 0 Å². The van der Waals surface area contributed by atoms with Crippen LogP contribution in [0, 0.1) is 0 Å². The van der Waals surface area contributed by atoms with Gasteiger partial charge in [0.25, 0.3) is 0 Å². The molecule has 1 aromatic heterocycles. The summed E-state index contributed by atoms with van der Waals surface area (Å²) < 4.78 is 38.6. The second kappa shape index (κ2) is 8.27. The van der Waals surface area contributed by atoms with Gasteiger partial charge in [-0.15, -0.1) is 0 Å². The van der Waals surface area contributed by atoms with E-state index in [2.05, 4.69) is 27.5 Å². The van der Waals surface area contributed by atoms with Crippen molar-refractivity contribution in [2.45, 2.75) is 25.1 Å². The van der Waals surface area contributed by atoms with Crippen LogP contribution in [0.5, 0.6) is 0 Å². The molecule has 0 saturated carbocycles. The molecule has 27 heavy (non-hydrogen) atoms. The fourth-order valence-corrected chi connectivity index (χ4v) is 3.14. The Hall–Kier alpha value is -2.12. The summed E-state index contributed by atoms with van der Waals surface area (Å²) >= 11 is 6.28. The van der Waals surface area contributed by atoms with Crippen LogP contribution in [0.25, 0.3) is 0 Å². The summed E-state index contributed by atoms with van der Waals surface area (Å²) in [5.41, 5.74) is 4.04. The maximum atomic E-state index is 12.9. The summed E-state index contributed by atoms with van der Waals surface area (Å²) in [5.74, 6) is 0. The number of nitrogens with one attached hydrogen (secondary N) is 1. The fraction of sp³-hybridized carbons (Fsp3) is 0.368. The van der Waals surface area contributed by atoms with Crippen LogP contribution >= 0.6 is 11.6 Å². The number of rotatable bonds is 4. The molecule has 0 unspecified atom stereocenters. The molecule has 0 spiro atoms. The molecule has 0 amide bonds. The fourth-order valence-electron chi connectivity index (χ4n) is 2.94. The predicted molar refractivity (Wildman–Crippen MR) is 100.0 cm³/mol. The van der Waals surface area contributed by atoms with E-state index in [0.717, 1.165) is 38.1 Å². The van der Waals surface area contributed by atoms with Crippen molar-refractivity contribution in [2.24, 2.45) is 5.10 Å². The lowest BCUT2D eigenvalue weighted by Crippen LogP contribution is -2.39. The number of likely N-dealkylation sites (tertiary alicyclic amines) is 1. The number of aromatic nitrogens is 1. The average molecular weight is 397 g/mol. The molecule has 1 N–H and O–H groups in total. The highest BCUT2D eigenvalue weighted by Gasteiger charge is 2.30. The van der Waals surface area contributed by atoms with E-state index in [1.807, 2.05) is 0 Å². The first kappa shape index (κ1) is 19.6. The van der Waals surface area contributed by atoms with Gasteiger partial charge >= 0.3 is 6.18 Å². The Kier molecular flexibility index (Phi) is 6.01. The molecule has 3 rings (SSSR count). The van der Waals surface area contributed by atoms with Crippen LogP contribution in [-0.4, -0.2) is 41.8 Å². The van der Waals surface area contributed by atoms with Crippen molar-refractivity contribution in [3.8, 4) is 0 Å². The van der Waals surface area contributed by atoms with Crippen LogP contribution in [0.1, 0.15) is 29.5 Å². The van der Waals surface area contributed by atoms with Crippen LogP contribution in [0.3, 0.4) is 0 Å². The monoisotopic (exact) mass is 396 g/mol. The zero-order valence-electron chi connectivity index (χ0n) is 14.8. The maximum Gasteiger partial charge on any atom is 0.416 e. The van der Waals surface area contributed by atoms with Gasteiger partial charge in [0.2, 0.25) is 0 Å². The molecule has 1 aliphatic heterocycles. The number of piperidine rings is 1. The molecular weight excluding hydrogens is 377 g/mol. The van der Waals surface area contributed by atoms with Crippen LogP contribution in [0.4, 0.5) is 13.2 Å². The molecule has 0 radical (unpaired) electrons. The molecule has 4 nitrogen and oxygen atoms in total. The van der Waals surface area contributed by atoms with Crippen molar-refractivity contribution in [1.82, 2.24) is 15.3 Å². The third-order valence-electron chi connectivity index (χ3n) is 4.59. The number of hydrogen-bond acceptors (Lipinski definition) is 4. The minimum absolute atomic E-state index is 0.209. The Morgan fingerprint density at radius 2 is 1.85 bits per heavy atom. The summed E-state index contributed by atoms with van der Waals surface area (Å²) in [7, 11) is 2.07. The Bertz CT molecular complexity index is 797. The highest BCUT2D eigenvalue weighted by atomic mass is 35.5. The first-order valence-electron chi connectivity index (χ1n) is 8.64. The van der Waals surface area contributed by atoms with E-state index in [0.29, 0.717) is 21.9 Å². The van der Waals surface area contributed by atoms with Crippen molar-refractivity contribution in [3.05, 3.63) is 64.4 Å². The molecular formula is C19H20ClF3N4. The van der Waals surface area contributed by atoms with Gasteiger partial charge in [-0.1, -0.05) is 23.7 Å². The van der Waals surface area contributed by atoms with E-state index in [1.54, 1.807) is 18.5 Å². The molecule has 2 heterocycles. The molecule has 8 heteroatoms. The average Bonchev–Trinajstić information content (AvgIpc) is 2.64. The van der Waals surface area contributed by atoms with Crippen LogP contribution in [0.15, 0.2) is 47.8 Å². The molecule has 1 aliphatic rings. The highest BCUT2D eigenvalue weighted by Crippen LogP contribution is 2.30. The highest BCUT2D eigenvalue weighted by molar-refractivity contribution is 6.35. The van der Waals surface area contributed by atoms with E-state index in [4.69, 9.17) is 11.6 Å². The number of alkyl halides is 3. The lowest BCUT2D eigenvalue weighted by molar-refractivity contribution is -0.137. The van der Waals surface area contributed by atoms with Crippen LogP contribution in [-0.2, 0) is 6.18 Å². The van der Waals surface area contributed by atoms with Gasteiger partial charge in [0.05, 0.1) is 10.6 Å². The molecule has 0 bridgehead atoms. The van der Waals surface area contributed by atoms with E-state index in [9.17, 15) is 13.2 Å². The number of nitrogens with zero attached hydrogens (tertiary/aromatic N) is 3. The quantitative estimate of drug-likeness (QED) is 0.622. The standard InChI is InChI=1S/C19H20ClF3N4/c1-27-10-7-15(8-11-27)25-26-18(16-12-24-9-6-17(16)20)13-2-4-14(5-3-13)19(21,22)23/h2-6,9,12,15,25H,7-8,10-11H2,1H3/b26-18+. The summed E-state index contributed by atoms with van der Waals surface area (Å²) in [4.78, 5) is 6.32.